The quantitative estimate of drug-likeness (QED) is 0.699. The van der Waals surface area contributed by atoms with E-state index in [1.807, 2.05) is 30.3 Å². The molecule has 0 spiro atoms. The monoisotopic (exact) mass is 282 g/mol. The van der Waals surface area contributed by atoms with Gasteiger partial charge in [-0.15, -0.1) is 5.10 Å². The molecule has 3 rings (SSSR count). The van der Waals surface area contributed by atoms with Gasteiger partial charge < -0.3 is 5.73 Å². The Balaban J connectivity index is 1.84. The minimum atomic E-state index is -0.0928. The van der Waals surface area contributed by atoms with Gasteiger partial charge in [0.2, 0.25) is 5.78 Å². The van der Waals surface area contributed by atoms with E-state index < -0.39 is 0 Å². The Hall–Kier alpha value is -2.80. The molecule has 3 aromatic rings. The van der Waals surface area contributed by atoms with E-state index >= 15 is 0 Å². The molecule has 0 aliphatic rings. The molecule has 21 heavy (non-hydrogen) atoms. The first-order valence-electron chi connectivity index (χ1n) is 6.49. The Bertz CT molecular complexity index is 746. The third-order valence-corrected chi connectivity index (χ3v) is 3.03. The van der Waals surface area contributed by atoms with Crippen molar-refractivity contribution in [3.05, 3.63) is 60.2 Å². The summed E-state index contributed by atoms with van der Waals surface area (Å²) in [6, 6.07) is 11.2. The Kier molecular flexibility index (Phi) is 3.57. The molecule has 7 heteroatoms. The van der Waals surface area contributed by atoms with Crippen LogP contribution in [0, 0.1) is 0 Å². The van der Waals surface area contributed by atoms with Gasteiger partial charge in [0.1, 0.15) is 12.2 Å². The van der Waals surface area contributed by atoms with Crippen LogP contribution in [0.2, 0.25) is 0 Å². The maximum atomic E-state index is 12.4. The standard InChI is InChI=1S/C14H14N6O/c15-8-11-9-19(18-17-11)10-14(21)13-6-7-16-20(13)12-4-2-1-3-5-12/h1-7,9H,8,10,15H2. The van der Waals surface area contributed by atoms with Gasteiger partial charge in [-0.05, 0) is 18.2 Å². The number of para-hydroxylation sites is 1. The van der Waals surface area contributed by atoms with Gasteiger partial charge in [-0.2, -0.15) is 5.10 Å². The fraction of sp³-hybridized carbons (Fsp3) is 0.143. The lowest BCUT2D eigenvalue weighted by molar-refractivity contribution is 0.0959. The van der Waals surface area contributed by atoms with Crippen LogP contribution in [0.25, 0.3) is 5.69 Å². The number of hydrogen-bond acceptors (Lipinski definition) is 5. The van der Waals surface area contributed by atoms with E-state index in [0.717, 1.165) is 5.69 Å². The van der Waals surface area contributed by atoms with E-state index in [0.29, 0.717) is 17.9 Å². The summed E-state index contributed by atoms with van der Waals surface area (Å²) in [6.45, 7) is 0.404. The van der Waals surface area contributed by atoms with Gasteiger partial charge in [0.25, 0.3) is 0 Å². The number of carbonyl (C=O) groups excluding carboxylic acids is 1. The summed E-state index contributed by atoms with van der Waals surface area (Å²) in [5, 5.41) is 11.9. The van der Waals surface area contributed by atoms with E-state index in [1.54, 1.807) is 23.1 Å². The zero-order chi connectivity index (χ0) is 14.7. The van der Waals surface area contributed by atoms with Gasteiger partial charge in [0, 0.05) is 6.54 Å². The molecule has 0 aliphatic heterocycles. The van der Waals surface area contributed by atoms with Crippen molar-refractivity contribution in [1.82, 2.24) is 24.8 Å². The molecule has 106 valence electrons. The second-order valence-corrected chi connectivity index (χ2v) is 4.50. The molecule has 0 bridgehead atoms. The highest BCUT2D eigenvalue weighted by atomic mass is 16.1. The minimum absolute atomic E-state index is 0.0928. The Morgan fingerprint density at radius 3 is 2.71 bits per heavy atom. The average molecular weight is 282 g/mol. The van der Waals surface area contributed by atoms with E-state index in [9.17, 15) is 4.79 Å². The summed E-state index contributed by atoms with van der Waals surface area (Å²) >= 11 is 0. The van der Waals surface area contributed by atoms with Crippen LogP contribution >= 0.6 is 0 Å². The molecular formula is C14H14N6O. The molecule has 0 fully saturated rings. The van der Waals surface area contributed by atoms with Crippen molar-refractivity contribution < 1.29 is 4.79 Å². The SMILES string of the molecule is NCc1cn(CC(=O)c2ccnn2-c2ccccc2)nn1. The average Bonchev–Trinajstić information content (AvgIpc) is 3.17. The molecule has 0 aliphatic carbocycles. The van der Waals surface area contributed by atoms with Gasteiger partial charge in [-0.1, -0.05) is 23.4 Å². The highest BCUT2D eigenvalue weighted by Gasteiger charge is 2.14. The summed E-state index contributed by atoms with van der Waals surface area (Å²) in [5.74, 6) is -0.0928. The Labute approximate surface area is 121 Å². The molecule has 2 aromatic heterocycles. The predicted molar refractivity (Wildman–Crippen MR) is 75.8 cm³/mol. The number of rotatable bonds is 5. The van der Waals surface area contributed by atoms with Crippen LogP contribution in [0.3, 0.4) is 0 Å². The first-order chi connectivity index (χ1) is 10.3. The maximum absolute atomic E-state index is 12.4. The van der Waals surface area contributed by atoms with Crippen LogP contribution in [-0.2, 0) is 13.1 Å². The zero-order valence-electron chi connectivity index (χ0n) is 11.3. The van der Waals surface area contributed by atoms with E-state index in [2.05, 4.69) is 15.4 Å². The number of carbonyl (C=O) groups is 1. The van der Waals surface area contributed by atoms with Crippen LogP contribution in [0.5, 0.6) is 0 Å². The van der Waals surface area contributed by atoms with Gasteiger partial charge in [0.05, 0.1) is 23.8 Å². The first-order valence-corrected chi connectivity index (χ1v) is 6.49. The molecule has 2 N–H and O–H groups in total. The van der Waals surface area contributed by atoms with Crippen LogP contribution in [0.15, 0.2) is 48.8 Å². The summed E-state index contributed by atoms with van der Waals surface area (Å²) < 4.78 is 3.09. The summed E-state index contributed by atoms with van der Waals surface area (Å²) in [6.07, 6.45) is 3.27. The largest absolute Gasteiger partial charge is 0.325 e. The van der Waals surface area contributed by atoms with Gasteiger partial charge in [-0.25, -0.2) is 9.36 Å². The Morgan fingerprint density at radius 2 is 2.00 bits per heavy atom. The summed E-state index contributed by atoms with van der Waals surface area (Å²) in [7, 11) is 0. The predicted octanol–water partition coefficient (Wildman–Crippen LogP) is 0.805. The molecule has 0 saturated heterocycles. The Morgan fingerprint density at radius 1 is 1.19 bits per heavy atom. The fourth-order valence-electron chi connectivity index (χ4n) is 2.03. The molecule has 0 radical (unpaired) electrons. The lowest BCUT2D eigenvalue weighted by atomic mass is 10.2. The van der Waals surface area contributed by atoms with Crippen LogP contribution in [0.4, 0.5) is 0 Å². The third-order valence-electron chi connectivity index (χ3n) is 3.03. The molecule has 0 unspecified atom stereocenters. The second-order valence-electron chi connectivity index (χ2n) is 4.50. The summed E-state index contributed by atoms with van der Waals surface area (Å²) in [5.41, 5.74) is 7.47. The smallest absolute Gasteiger partial charge is 0.202 e. The number of benzene rings is 1. The minimum Gasteiger partial charge on any atom is -0.325 e. The van der Waals surface area contributed by atoms with E-state index in [4.69, 9.17) is 5.73 Å². The normalized spacial score (nSPS) is 10.7. The molecule has 0 saturated carbocycles. The molecule has 1 aromatic carbocycles. The van der Waals surface area contributed by atoms with Gasteiger partial charge in [-0.3, -0.25) is 4.79 Å². The number of nitrogens with two attached hydrogens (primary N) is 1. The fourth-order valence-corrected chi connectivity index (χ4v) is 2.03. The molecule has 0 amide bonds. The number of ketones is 1. The van der Waals surface area contributed by atoms with Crippen molar-refractivity contribution in [3.63, 3.8) is 0 Å². The van der Waals surface area contributed by atoms with Crippen LogP contribution in [-0.4, -0.2) is 30.6 Å². The highest BCUT2D eigenvalue weighted by molar-refractivity contribution is 5.94. The van der Waals surface area contributed by atoms with Crippen molar-refractivity contribution in [3.8, 4) is 5.69 Å². The molecular weight excluding hydrogens is 268 g/mol. The van der Waals surface area contributed by atoms with Crippen molar-refractivity contribution in [2.24, 2.45) is 5.73 Å². The molecule has 2 heterocycles. The van der Waals surface area contributed by atoms with Gasteiger partial charge >= 0.3 is 0 Å². The summed E-state index contributed by atoms with van der Waals surface area (Å²) in [4.78, 5) is 12.4. The second kappa shape index (κ2) is 5.68. The van der Waals surface area contributed by atoms with Crippen molar-refractivity contribution >= 4 is 5.78 Å². The van der Waals surface area contributed by atoms with Gasteiger partial charge in [0.15, 0.2) is 0 Å². The highest BCUT2D eigenvalue weighted by Crippen LogP contribution is 2.11. The van der Waals surface area contributed by atoms with Crippen LogP contribution < -0.4 is 5.73 Å². The lowest BCUT2D eigenvalue weighted by Gasteiger charge is -2.06. The van der Waals surface area contributed by atoms with Crippen molar-refractivity contribution in [2.45, 2.75) is 13.1 Å². The van der Waals surface area contributed by atoms with E-state index in [-0.39, 0.29) is 12.3 Å². The number of Topliss-reactive ketones (excluding diaryl/α,β-unsaturated/α-hetero) is 1. The number of nitrogens with zero attached hydrogens (tertiary/aromatic N) is 5. The molecule has 7 nitrogen and oxygen atoms in total. The number of hydrogen-bond donors (Lipinski definition) is 1. The zero-order valence-corrected chi connectivity index (χ0v) is 11.3. The number of aromatic nitrogens is 5. The topological polar surface area (TPSA) is 91.6 Å². The lowest BCUT2D eigenvalue weighted by Crippen LogP contribution is -2.15. The third kappa shape index (κ3) is 2.72. The van der Waals surface area contributed by atoms with E-state index in [1.165, 1.54) is 4.68 Å². The molecule has 0 atom stereocenters. The van der Waals surface area contributed by atoms with Crippen LogP contribution in [0.1, 0.15) is 16.2 Å². The van der Waals surface area contributed by atoms with Crippen molar-refractivity contribution in [1.29, 1.82) is 0 Å². The van der Waals surface area contributed by atoms with Crippen molar-refractivity contribution in [2.75, 3.05) is 0 Å². The first kappa shape index (κ1) is 13.2. The maximum Gasteiger partial charge on any atom is 0.202 e.